The SMILES string of the molecule is Cc1cc2c(cc1Nc1ccccc1)C1(OC(=O)c3ccccc31)c1ccc(NC3CCC(C)CC3)cc1O2. The molecule has 7 rings (SSSR count). The molecule has 0 saturated heterocycles. The minimum absolute atomic E-state index is 0.318. The van der Waals surface area contributed by atoms with Gasteiger partial charge in [-0.25, -0.2) is 4.79 Å². The molecule has 1 unspecified atom stereocenters. The first kappa shape index (κ1) is 23.8. The summed E-state index contributed by atoms with van der Waals surface area (Å²) in [5.41, 5.74) is 6.01. The van der Waals surface area contributed by atoms with Crippen molar-refractivity contribution in [2.24, 2.45) is 5.92 Å². The van der Waals surface area contributed by atoms with Gasteiger partial charge in [0.15, 0.2) is 5.60 Å². The van der Waals surface area contributed by atoms with Gasteiger partial charge < -0.3 is 20.1 Å². The van der Waals surface area contributed by atoms with Crippen LogP contribution in [0.1, 0.15) is 65.2 Å². The number of esters is 1. The van der Waals surface area contributed by atoms with Gasteiger partial charge in [0.2, 0.25) is 0 Å². The molecule has 39 heavy (non-hydrogen) atoms. The number of carbonyl (C=O) groups is 1. The van der Waals surface area contributed by atoms with Crippen LogP contribution in [0.2, 0.25) is 0 Å². The van der Waals surface area contributed by atoms with Gasteiger partial charge in [-0.2, -0.15) is 0 Å². The van der Waals surface area contributed by atoms with Crippen LogP contribution in [-0.4, -0.2) is 12.0 Å². The molecule has 0 aromatic heterocycles. The number of hydrogen-bond acceptors (Lipinski definition) is 5. The van der Waals surface area contributed by atoms with Gasteiger partial charge in [-0.15, -0.1) is 0 Å². The summed E-state index contributed by atoms with van der Waals surface area (Å²) in [6.07, 6.45) is 4.85. The highest BCUT2D eigenvalue weighted by molar-refractivity contribution is 5.97. The van der Waals surface area contributed by atoms with Gasteiger partial charge in [0.05, 0.1) is 5.56 Å². The summed E-state index contributed by atoms with van der Waals surface area (Å²) in [6.45, 7) is 4.40. The third kappa shape index (κ3) is 3.95. The van der Waals surface area contributed by atoms with E-state index in [1.165, 1.54) is 25.7 Å². The molecule has 5 nitrogen and oxygen atoms in total. The summed E-state index contributed by atoms with van der Waals surface area (Å²) >= 11 is 0. The standard InChI is InChI=1S/C34H32N2O3/c1-21-12-14-24(15-13-21)35-25-16-17-28-32(19-25)38-31-18-22(2)30(36-23-8-4-3-5-9-23)20-29(31)34(28)27-11-7-6-10-26(27)33(37)39-34/h3-11,16-21,24,35-36H,12-15H2,1-2H3. The lowest BCUT2D eigenvalue weighted by molar-refractivity contribution is 0.0224. The van der Waals surface area contributed by atoms with E-state index in [0.29, 0.717) is 23.1 Å². The molecule has 2 N–H and O–H groups in total. The number of hydrogen-bond donors (Lipinski definition) is 2. The van der Waals surface area contributed by atoms with E-state index >= 15 is 0 Å². The van der Waals surface area contributed by atoms with Gasteiger partial charge >= 0.3 is 5.97 Å². The van der Waals surface area contributed by atoms with Crippen LogP contribution in [0.5, 0.6) is 11.5 Å². The molecule has 1 spiro atoms. The summed E-state index contributed by atoms with van der Waals surface area (Å²) in [7, 11) is 0. The molecule has 1 atom stereocenters. The maximum absolute atomic E-state index is 13.3. The fourth-order valence-electron chi connectivity index (χ4n) is 6.36. The quantitative estimate of drug-likeness (QED) is 0.267. The molecule has 196 valence electrons. The van der Waals surface area contributed by atoms with Crippen LogP contribution in [0, 0.1) is 12.8 Å². The number of carbonyl (C=O) groups excluding carboxylic acids is 1. The number of fused-ring (bicyclic) bond motifs is 6. The zero-order valence-corrected chi connectivity index (χ0v) is 22.3. The predicted molar refractivity (Wildman–Crippen MR) is 154 cm³/mol. The van der Waals surface area contributed by atoms with E-state index in [2.05, 4.69) is 48.7 Å². The summed E-state index contributed by atoms with van der Waals surface area (Å²) in [6, 6.07) is 28.6. The van der Waals surface area contributed by atoms with Crippen molar-refractivity contribution in [3.05, 3.63) is 113 Å². The Labute approximate surface area is 229 Å². The lowest BCUT2D eigenvalue weighted by Crippen LogP contribution is -2.33. The van der Waals surface area contributed by atoms with Gasteiger partial charge in [0, 0.05) is 45.9 Å². The largest absolute Gasteiger partial charge is 0.456 e. The van der Waals surface area contributed by atoms with Crippen LogP contribution < -0.4 is 15.4 Å². The zero-order valence-electron chi connectivity index (χ0n) is 22.3. The summed E-state index contributed by atoms with van der Waals surface area (Å²) in [5.74, 6) is 1.89. The molecule has 1 fully saturated rings. The molecular weight excluding hydrogens is 484 g/mol. The highest BCUT2D eigenvalue weighted by Crippen LogP contribution is 2.57. The van der Waals surface area contributed by atoms with E-state index in [-0.39, 0.29) is 5.97 Å². The van der Waals surface area contributed by atoms with E-state index in [1.54, 1.807) is 0 Å². The molecule has 0 radical (unpaired) electrons. The average molecular weight is 517 g/mol. The van der Waals surface area contributed by atoms with E-state index in [9.17, 15) is 4.79 Å². The van der Waals surface area contributed by atoms with Crippen molar-refractivity contribution >= 4 is 23.0 Å². The topological polar surface area (TPSA) is 59.6 Å². The average Bonchev–Trinajstić information content (AvgIpc) is 3.24. The Balaban J connectivity index is 1.35. The first-order chi connectivity index (χ1) is 19.0. The zero-order chi connectivity index (χ0) is 26.6. The highest BCUT2D eigenvalue weighted by Gasteiger charge is 2.53. The van der Waals surface area contributed by atoms with Crippen LogP contribution in [0.4, 0.5) is 17.1 Å². The van der Waals surface area contributed by atoms with Crippen molar-refractivity contribution in [1.29, 1.82) is 0 Å². The third-order valence-electron chi connectivity index (χ3n) is 8.50. The minimum Gasteiger partial charge on any atom is -0.456 e. The third-order valence-corrected chi connectivity index (χ3v) is 8.50. The molecular formula is C34H32N2O3. The molecule has 4 aromatic carbocycles. The predicted octanol–water partition coefficient (Wildman–Crippen LogP) is 8.30. The second-order valence-corrected chi connectivity index (χ2v) is 11.2. The van der Waals surface area contributed by atoms with Crippen molar-refractivity contribution in [2.75, 3.05) is 10.6 Å². The van der Waals surface area contributed by atoms with Crippen molar-refractivity contribution in [1.82, 2.24) is 0 Å². The van der Waals surface area contributed by atoms with Gasteiger partial charge in [-0.1, -0.05) is 43.3 Å². The van der Waals surface area contributed by atoms with Crippen LogP contribution in [0.15, 0.2) is 84.9 Å². The molecule has 5 heteroatoms. The summed E-state index contributed by atoms with van der Waals surface area (Å²) < 4.78 is 13.0. The fourth-order valence-corrected chi connectivity index (χ4v) is 6.36. The monoisotopic (exact) mass is 516 g/mol. The number of ether oxygens (including phenoxy) is 2. The molecule has 3 aliphatic rings. The molecule has 2 aliphatic heterocycles. The molecule has 1 saturated carbocycles. The first-order valence-electron chi connectivity index (χ1n) is 13.9. The lowest BCUT2D eigenvalue weighted by atomic mass is 9.77. The number of anilines is 3. The van der Waals surface area contributed by atoms with Crippen molar-refractivity contribution in [3.8, 4) is 11.5 Å². The van der Waals surface area contributed by atoms with Crippen LogP contribution in [-0.2, 0) is 10.3 Å². The van der Waals surface area contributed by atoms with Gasteiger partial charge in [0.25, 0.3) is 0 Å². The number of rotatable bonds is 4. The number of aryl methyl sites for hydroxylation is 1. The Hall–Kier alpha value is -4.25. The summed E-state index contributed by atoms with van der Waals surface area (Å²) in [5, 5.41) is 7.27. The smallest absolute Gasteiger partial charge is 0.340 e. The van der Waals surface area contributed by atoms with Crippen LogP contribution in [0.3, 0.4) is 0 Å². The van der Waals surface area contributed by atoms with Crippen LogP contribution in [0.25, 0.3) is 0 Å². The molecule has 4 aromatic rings. The van der Waals surface area contributed by atoms with Crippen molar-refractivity contribution in [3.63, 3.8) is 0 Å². The van der Waals surface area contributed by atoms with Crippen molar-refractivity contribution in [2.45, 2.75) is 51.2 Å². The Kier molecular flexibility index (Phi) is 5.62. The molecule has 0 bridgehead atoms. The minimum atomic E-state index is -1.09. The first-order valence-corrected chi connectivity index (χ1v) is 13.9. The Morgan fingerprint density at radius 3 is 2.33 bits per heavy atom. The Morgan fingerprint density at radius 2 is 1.51 bits per heavy atom. The van der Waals surface area contributed by atoms with Gasteiger partial charge in [0.1, 0.15) is 11.5 Å². The van der Waals surface area contributed by atoms with E-state index in [0.717, 1.165) is 45.2 Å². The van der Waals surface area contributed by atoms with Gasteiger partial charge in [-0.3, -0.25) is 0 Å². The number of para-hydroxylation sites is 1. The van der Waals surface area contributed by atoms with E-state index in [4.69, 9.17) is 9.47 Å². The molecule has 1 aliphatic carbocycles. The molecule has 0 amide bonds. The Morgan fingerprint density at radius 1 is 0.769 bits per heavy atom. The van der Waals surface area contributed by atoms with Crippen molar-refractivity contribution < 1.29 is 14.3 Å². The second-order valence-electron chi connectivity index (χ2n) is 11.2. The molecule has 2 heterocycles. The lowest BCUT2D eigenvalue weighted by Gasteiger charge is -2.37. The van der Waals surface area contributed by atoms with E-state index < -0.39 is 5.60 Å². The number of nitrogens with one attached hydrogen (secondary N) is 2. The fraction of sp³-hybridized carbons (Fsp3) is 0.265. The highest BCUT2D eigenvalue weighted by atomic mass is 16.6. The normalized spacial score (nSPS) is 22.8. The Bertz CT molecular complexity index is 1570. The maximum atomic E-state index is 13.3. The second kappa shape index (κ2) is 9.19. The van der Waals surface area contributed by atoms with E-state index in [1.807, 2.05) is 60.7 Å². The van der Waals surface area contributed by atoms with Gasteiger partial charge in [-0.05, 0) is 86.6 Å². The van der Waals surface area contributed by atoms with Crippen LogP contribution >= 0.6 is 0 Å². The summed E-state index contributed by atoms with van der Waals surface area (Å²) in [4.78, 5) is 13.3. The number of benzene rings is 4. The maximum Gasteiger partial charge on any atom is 0.340 e.